The number of methoxy groups -OCH3 is 2. The summed E-state index contributed by atoms with van der Waals surface area (Å²) in [7, 11) is 3.05. The van der Waals surface area contributed by atoms with Crippen molar-refractivity contribution in [3.8, 4) is 11.5 Å². The van der Waals surface area contributed by atoms with Gasteiger partial charge in [0.2, 0.25) is 0 Å². The largest absolute Gasteiger partial charge is 0.493 e. The van der Waals surface area contributed by atoms with Gasteiger partial charge in [-0.3, -0.25) is 14.4 Å². The third-order valence-corrected chi connectivity index (χ3v) is 7.21. The van der Waals surface area contributed by atoms with Gasteiger partial charge >= 0.3 is 0 Å². The van der Waals surface area contributed by atoms with Crippen molar-refractivity contribution in [3.05, 3.63) is 124 Å². The Kier molecular flexibility index (Phi) is 10.2. The molecule has 0 heterocycles. The molecule has 4 rings (SSSR count). The minimum atomic E-state index is -0.529. The van der Waals surface area contributed by atoms with Gasteiger partial charge in [0.15, 0.2) is 17.3 Å². The van der Waals surface area contributed by atoms with E-state index in [9.17, 15) is 14.4 Å². The predicted molar refractivity (Wildman–Crippen MR) is 163 cm³/mol. The van der Waals surface area contributed by atoms with Crippen LogP contribution in [0.4, 0.5) is 5.69 Å². The number of carbonyl (C=O) groups excluding carboxylic acids is 3. The molecule has 0 aliphatic heterocycles. The summed E-state index contributed by atoms with van der Waals surface area (Å²) in [5.41, 5.74) is 2.00. The molecular formula is C32H27ClN2O5S. The maximum absolute atomic E-state index is 13.4. The summed E-state index contributed by atoms with van der Waals surface area (Å²) in [6.45, 7) is 0. The number of ether oxygens (including phenoxy) is 2. The number of Topliss-reactive ketones (excluding diaryl/α,β-unsaturated/α-hetero) is 1. The zero-order valence-corrected chi connectivity index (χ0v) is 23.9. The number of rotatable bonds is 11. The zero-order chi connectivity index (χ0) is 29.2. The predicted octanol–water partition coefficient (Wildman–Crippen LogP) is 6.74. The third-order valence-electron chi connectivity index (χ3n) is 5.88. The highest BCUT2D eigenvalue weighted by atomic mass is 35.5. The number of thioether (sulfide) groups is 1. The van der Waals surface area contributed by atoms with Gasteiger partial charge in [-0.05, 0) is 66.2 Å². The average Bonchev–Trinajstić information content (AvgIpc) is 3.00. The number of anilines is 1. The molecule has 0 aromatic heterocycles. The van der Waals surface area contributed by atoms with Crippen molar-refractivity contribution in [3.63, 3.8) is 0 Å². The molecule has 0 spiro atoms. The van der Waals surface area contributed by atoms with Crippen LogP contribution in [0, 0.1) is 0 Å². The van der Waals surface area contributed by atoms with Gasteiger partial charge in [0.1, 0.15) is 5.70 Å². The van der Waals surface area contributed by atoms with Crippen LogP contribution in [0.2, 0.25) is 5.02 Å². The second-order valence-electron chi connectivity index (χ2n) is 8.67. The van der Waals surface area contributed by atoms with E-state index in [1.54, 1.807) is 97.1 Å². The molecule has 0 saturated carbocycles. The average molecular weight is 587 g/mol. The lowest BCUT2D eigenvalue weighted by molar-refractivity contribution is -0.113. The Labute approximate surface area is 247 Å². The van der Waals surface area contributed by atoms with E-state index in [1.807, 2.05) is 6.07 Å². The number of hydrogen-bond acceptors (Lipinski definition) is 6. The Morgan fingerprint density at radius 2 is 1.56 bits per heavy atom. The molecule has 0 aliphatic carbocycles. The summed E-state index contributed by atoms with van der Waals surface area (Å²) in [6.07, 6.45) is 1.55. The molecule has 0 aliphatic rings. The summed E-state index contributed by atoms with van der Waals surface area (Å²) in [5.74, 6) is 0.128. The fourth-order valence-electron chi connectivity index (χ4n) is 3.83. The molecular weight excluding hydrogens is 560 g/mol. The standard InChI is InChI=1S/C32H27ClN2O5S/c1-39-29-16-15-21(18-30(29)40-2)17-27(35-31(37)22-9-4-3-5-10-22)32(38)34-23-11-8-12-24(19-23)41-20-28(36)25-13-6-7-14-26(25)33/h3-19H,20H2,1-2H3,(H,34,38)(H,35,37)/b27-17-. The SMILES string of the molecule is COc1ccc(/C=C(\NC(=O)c2ccccc2)C(=O)Nc2cccc(SCC(=O)c3ccccc3Cl)c2)cc1OC. The molecule has 0 saturated heterocycles. The van der Waals surface area contributed by atoms with Crippen LogP contribution in [0.1, 0.15) is 26.3 Å². The summed E-state index contributed by atoms with van der Waals surface area (Å²) in [4.78, 5) is 39.8. The van der Waals surface area contributed by atoms with E-state index in [2.05, 4.69) is 10.6 Å². The quantitative estimate of drug-likeness (QED) is 0.115. The number of nitrogens with one attached hydrogen (secondary N) is 2. The van der Waals surface area contributed by atoms with E-state index in [-0.39, 0.29) is 17.2 Å². The first-order valence-electron chi connectivity index (χ1n) is 12.5. The minimum Gasteiger partial charge on any atom is -0.493 e. The highest BCUT2D eigenvalue weighted by Gasteiger charge is 2.16. The van der Waals surface area contributed by atoms with Crippen LogP contribution < -0.4 is 20.1 Å². The molecule has 0 atom stereocenters. The number of benzene rings is 4. The van der Waals surface area contributed by atoms with Crippen LogP contribution in [-0.4, -0.2) is 37.6 Å². The molecule has 2 N–H and O–H groups in total. The number of hydrogen-bond donors (Lipinski definition) is 2. The second-order valence-corrected chi connectivity index (χ2v) is 10.1. The van der Waals surface area contributed by atoms with E-state index < -0.39 is 11.8 Å². The molecule has 0 fully saturated rings. The number of halogens is 1. The van der Waals surface area contributed by atoms with Gasteiger partial charge in [-0.25, -0.2) is 0 Å². The van der Waals surface area contributed by atoms with Crippen LogP contribution in [0.5, 0.6) is 11.5 Å². The fraction of sp³-hybridized carbons (Fsp3) is 0.0938. The van der Waals surface area contributed by atoms with Gasteiger partial charge in [0.05, 0.1) is 25.0 Å². The van der Waals surface area contributed by atoms with E-state index in [0.29, 0.717) is 38.9 Å². The second kappa shape index (κ2) is 14.2. The van der Waals surface area contributed by atoms with Crippen molar-refractivity contribution >= 4 is 52.7 Å². The molecule has 7 nitrogen and oxygen atoms in total. The summed E-state index contributed by atoms with van der Waals surface area (Å²) in [5, 5.41) is 5.97. The third kappa shape index (κ3) is 8.00. The van der Waals surface area contributed by atoms with Crippen LogP contribution in [0.25, 0.3) is 6.08 Å². The summed E-state index contributed by atoms with van der Waals surface area (Å²) >= 11 is 7.48. The summed E-state index contributed by atoms with van der Waals surface area (Å²) in [6, 6.07) is 27.8. The monoisotopic (exact) mass is 586 g/mol. The highest BCUT2D eigenvalue weighted by Crippen LogP contribution is 2.29. The van der Waals surface area contributed by atoms with Crippen LogP contribution >= 0.6 is 23.4 Å². The van der Waals surface area contributed by atoms with Crippen molar-refractivity contribution in [2.45, 2.75) is 4.90 Å². The van der Waals surface area contributed by atoms with Crippen molar-refractivity contribution in [1.29, 1.82) is 0 Å². The van der Waals surface area contributed by atoms with Gasteiger partial charge in [-0.2, -0.15) is 0 Å². The van der Waals surface area contributed by atoms with Crippen LogP contribution in [0.15, 0.2) is 108 Å². The molecule has 4 aromatic carbocycles. The molecule has 208 valence electrons. The number of ketones is 1. The Balaban J connectivity index is 1.54. The molecule has 0 radical (unpaired) electrons. The zero-order valence-electron chi connectivity index (χ0n) is 22.3. The lowest BCUT2D eigenvalue weighted by Gasteiger charge is -2.13. The first-order chi connectivity index (χ1) is 19.9. The van der Waals surface area contributed by atoms with Crippen molar-refractivity contribution in [2.75, 3.05) is 25.3 Å². The van der Waals surface area contributed by atoms with Crippen molar-refractivity contribution in [1.82, 2.24) is 5.32 Å². The van der Waals surface area contributed by atoms with Crippen molar-refractivity contribution < 1.29 is 23.9 Å². The molecule has 0 unspecified atom stereocenters. The van der Waals surface area contributed by atoms with Gasteiger partial charge in [0.25, 0.3) is 11.8 Å². The first kappa shape index (κ1) is 29.5. The van der Waals surface area contributed by atoms with Crippen LogP contribution in [-0.2, 0) is 4.79 Å². The first-order valence-corrected chi connectivity index (χ1v) is 13.9. The number of carbonyl (C=O) groups is 3. The van der Waals surface area contributed by atoms with E-state index in [1.165, 1.54) is 26.0 Å². The minimum absolute atomic E-state index is 0.0260. The lowest BCUT2D eigenvalue weighted by atomic mass is 10.1. The number of amides is 2. The van der Waals surface area contributed by atoms with Crippen molar-refractivity contribution in [2.24, 2.45) is 0 Å². The molecule has 4 aromatic rings. The Morgan fingerprint density at radius 3 is 2.29 bits per heavy atom. The maximum atomic E-state index is 13.4. The van der Waals surface area contributed by atoms with E-state index in [4.69, 9.17) is 21.1 Å². The maximum Gasteiger partial charge on any atom is 0.272 e. The lowest BCUT2D eigenvalue weighted by Crippen LogP contribution is -2.30. The highest BCUT2D eigenvalue weighted by molar-refractivity contribution is 8.00. The Bertz CT molecular complexity index is 1590. The Hall–Kier alpha value is -4.53. The van der Waals surface area contributed by atoms with Gasteiger partial charge in [-0.1, -0.05) is 54.1 Å². The normalized spacial score (nSPS) is 11.0. The molecule has 41 heavy (non-hydrogen) atoms. The van der Waals surface area contributed by atoms with Gasteiger partial charge < -0.3 is 20.1 Å². The topological polar surface area (TPSA) is 93.7 Å². The molecule has 0 bridgehead atoms. The molecule has 2 amide bonds. The van der Waals surface area contributed by atoms with E-state index in [0.717, 1.165) is 4.90 Å². The van der Waals surface area contributed by atoms with Gasteiger partial charge in [-0.15, -0.1) is 11.8 Å². The smallest absolute Gasteiger partial charge is 0.272 e. The van der Waals surface area contributed by atoms with Gasteiger partial charge in [0, 0.05) is 21.7 Å². The Morgan fingerprint density at radius 1 is 0.829 bits per heavy atom. The summed E-state index contributed by atoms with van der Waals surface area (Å²) < 4.78 is 10.7. The van der Waals surface area contributed by atoms with E-state index >= 15 is 0 Å². The molecule has 9 heteroatoms. The fourth-order valence-corrected chi connectivity index (χ4v) is 4.91. The van der Waals surface area contributed by atoms with Crippen LogP contribution in [0.3, 0.4) is 0 Å².